The van der Waals surface area contributed by atoms with Gasteiger partial charge in [0.05, 0.1) is 5.39 Å². The van der Waals surface area contributed by atoms with E-state index < -0.39 is 0 Å². The summed E-state index contributed by atoms with van der Waals surface area (Å²) in [5, 5.41) is 0.986. The Morgan fingerprint density at radius 2 is 1.83 bits per heavy atom. The summed E-state index contributed by atoms with van der Waals surface area (Å²) in [5.74, 6) is 0.839. The first-order valence-electron chi connectivity index (χ1n) is 5.68. The van der Waals surface area contributed by atoms with E-state index in [0.717, 1.165) is 22.3 Å². The van der Waals surface area contributed by atoms with Crippen LogP contribution in [-0.4, -0.2) is 0 Å². The number of fused-ring (bicyclic) bond motifs is 1. The molecule has 3 aromatic rings. The standard InChI is InChI=1S/C15H11BrO2/c16-15-9-12-13(7-4-8-14(12)18-15)17-10-11-5-2-1-3-6-11/h1-9H,10H2. The Bertz CT molecular complexity index is 659. The number of furan rings is 1. The molecule has 0 spiro atoms. The zero-order chi connectivity index (χ0) is 12.4. The highest BCUT2D eigenvalue weighted by atomic mass is 79.9. The molecule has 90 valence electrons. The molecule has 0 bridgehead atoms. The lowest BCUT2D eigenvalue weighted by Crippen LogP contribution is -1.94. The van der Waals surface area contributed by atoms with Crippen molar-refractivity contribution in [3.63, 3.8) is 0 Å². The van der Waals surface area contributed by atoms with E-state index in [1.165, 1.54) is 0 Å². The molecule has 0 N–H and O–H groups in total. The van der Waals surface area contributed by atoms with Gasteiger partial charge < -0.3 is 9.15 Å². The van der Waals surface area contributed by atoms with Gasteiger partial charge in [-0.05, 0) is 33.6 Å². The summed E-state index contributed by atoms with van der Waals surface area (Å²) in [7, 11) is 0. The lowest BCUT2D eigenvalue weighted by molar-refractivity contribution is 0.310. The maximum Gasteiger partial charge on any atom is 0.170 e. The first-order chi connectivity index (χ1) is 8.83. The van der Waals surface area contributed by atoms with E-state index in [0.29, 0.717) is 11.3 Å². The van der Waals surface area contributed by atoms with Gasteiger partial charge in [0.1, 0.15) is 17.9 Å². The van der Waals surface area contributed by atoms with Crippen LogP contribution in [0.2, 0.25) is 0 Å². The van der Waals surface area contributed by atoms with Gasteiger partial charge in [-0.3, -0.25) is 0 Å². The van der Waals surface area contributed by atoms with Gasteiger partial charge in [0.15, 0.2) is 4.67 Å². The topological polar surface area (TPSA) is 22.4 Å². The molecule has 0 saturated heterocycles. The minimum atomic E-state index is 0.558. The van der Waals surface area contributed by atoms with Crippen LogP contribution in [0.5, 0.6) is 5.75 Å². The van der Waals surface area contributed by atoms with Crippen LogP contribution in [0.15, 0.2) is 63.7 Å². The third-order valence-corrected chi connectivity index (χ3v) is 3.12. The van der Waals surface area contributed by atoms with Gasteiger partial charge in [0.25, 0.3) is 0 Å². The summed E-state index contributed by atoms with van der Waals surface area (Å²) in [5.41, 5.74) is 1.98. The number of halogens is 1. The molecule has 0 aliphatic rings. The monoisotopic (exact) mass is 302 g/mol. The van der Waals surface area contributed by atoms with Gasteiger partial charge in [-0.2, -0.15) is 0 Å². The molecule has 0 fully saturated rings. The molecule has 1 heterocycles. The van der Waals surface area contributed by atoms with Crippen LogP contribution in [0.25, 0.3) is 11.0 Å². The van der Waals surface area contributed by atoms with Crippen molar-refractivity contribution in [3.8, 4) is 5.75 Å². The third-order valence-electron chi connectivity index (χ3n) is 2.73. The van der Waals surface area contributed by atoms with Gasteiger partial charge in [-0.25, -0.2) is 0 Å². The molecule has 0 radical (unpaired) electrons. The van der Waals surface area contributed by atoms with Crippen LogP contribution in [0.4, 0.5) is 0 Å². The van der Waals surface area contributed by atoms with Crippen LogP contribution in [0.1, 0.15) is 5.56 Å². The van der Waals surface area contributed by atoms with Crippen molar-refractivity contribution < 1.29 is 9.15 Å². The highest BCUT2D eigenvalue weighted by molar-refractivity contribution is 9.10. The van der Waals surface area contributed by atoms with Crippen LogP contribution >= 0.6 is 15.9 Å². The highest BCUT2D eigenvalue weighted by Gasteiger charge is 2.07. The third kappa shape index (κ3) is 2.27. The van der Waals surface area contributed by atoms with Crippen molar-refractivity contribution >= 4 is 26.9 Å². The molecule has 0 saturated carbocycles. The lowest BCUT2D eigenvalue weighted by atomic mass is 10.2. The SMILES string of the molecule is Brc1cc2c(OCc3ccccc3)cccc2o1. The maximum absolute atomic E-state index is 5.84. The molecule has 18 heavy (non-hydrogen) atoms. The van der Waals surface area contributed by atoms with Crippen LogP contribution in [0.3, 0.4) is 0 Å². The number of hydrogen-bond donors (Lipinski definition) is 0. The van der Waals surface area contributed by atoms with Crippen LogP contribution in [-0.2, 0) is 6.61 Å². The lowest BCUT2D eigenvalue weighted by Gasteiger charge is -2.06. The number of ether oxygens (including phenoxy) is 1. The van der Waals surface area contributed by atoms with E-state index in [1.54, 1.807) is 0 Å². The second-order valence-electron chi connectivity index (χ2n) is 3.99. The van der Waals surface area contributed by atoms with Crippen molar-refractivity contribution in [1.29, 1.82) is 0 Å². The van der Waals surface area contributed by atoms with Crippen LogP contribution in [0, 0.1) is 0 Å². The predicted octanol–water partition coefficient (Wildman–Crippen LogP) is 4.77. The van der Waals surface area contributed by atoms with E-state index in [2.05, 4.69) is 15.9 Å². The van der Waals surface area contributed by atoms with Gasteiger partial charge >= 0.3 is 0 Å². The first-order valence-corrected chi connectivity index (χ1v) is 6.47. The fourth-order valence-corrected chi connectivity index (χ4v) is 2.27. The van der Waals surface area contributed by atoms with E-state index in [9.17, 15) is 0 Å². The van der Waals surface area contributed by atoms with Crippen molar-refractivity contribution in [2.24, 2.45) is 0 Å². The van der Waals surface area contributed by atoms with Crippen molar-refractivity contribution in [2.45, 2.75) is 6.61 Å². The summed E-state index contributed by atoms with van der Waals surface area (Å²) in [6.07, 6.45) is 0. The predicted molar refractivity (Wildman–Crippen MR) is 74.7 cm³/mol. The molecule has 0 amide bonds. The summed E-state index contributed by atoms with van der Waals surface area (Å²) in [6, 6.07) is 17.8. The number of hydrogen-bond acceptors (Lipinski definition) is 2. The molecule has 3 rings (SSSR count). The quantitative estimate of drug-likeness (QED) is 0.695. The Balaban J connectivity index is 1.86. The van der Waals surface area contributed by atoms with Crippen LogP contribution < -0.4 is 4.74 Å². The van der Waals surface area contributed by atoms with E-state index in [4.69, 9.17) is 9.15 Å². The summed E-state index contributed by atoms with van der Waals surface area (Å²) >= 11 is 3.33. The average molecular weight is 303 g/mol. The smallest absolute Gasteiger partial charge is 0.170 e. The molecule has 2 aromatic carbocycles. The minimum Gasteiger partial charge on any atom is -0.488 e. The Kier molecular flexibility index (Phi) is 3.07. The fourth-order valence-electron chi connectivity index (χ4n) is 1.86. The Morgan fingerprint density at radius 3 is 2.67 bits per heavy atom. The molecule has 0 aliphatic carbocycles. The molecule has 3 heteroatoms. The second-order valence-corrected chi connectivity index (χ2v) is 4.77. The Labute approximate surface area is 113 Å². The van der Waals surface area contributed by atoms with E-state index in [-0.39, 0.29) is 0 Å². The normalized spacial score (nSPS) is 10.7. The van der Waals surface area contributed by atoms with E-state index >= 15 is 0 Å². The largest absolute Gasteiger partial charge is 0.488 e. The van der Waals surface area contributed by atoms with Gasteiger partial charge in [-0.15, -0.1) is 0 Å². The molecule has 0 unspecified atom stereocenters. The van der Waals surface area contributed by atoms with Crippen molar-refractivity contribution in [1.82, 2.24) is 0 Å². The van der Waals surface area contributed by atoms with E-state index in [1.807, 2.05) is 54.6 Å². The number of rotatable bonds is 3. The van der Waals surface area contributed by atoms with Crippen molar-refractivity contribution in [3.05, 3.63) is 64.8 Å². The first kappa shape index (κ1) is 11.4. The maximum atomic E-state index is 5.84. The summed E-state index contributed by atoms with van der Waals surface area (Å²) < 4.78 is 12.1. The average Bonchev–Trinajstić information content (AvgIpc) is 2.78. The highest BCUT2D eigenvalue weighted by Crippen LogP contribution is 2.31. The molecule has 0 atom stereocenters. The minimum absolute atomic E-state index is 0.558. The fraction of sp³-hybridized carbons (Fsp3) is 0.0667. The Morgan fingerprint density at radius 1 is 1.00 bits per heavy atom. The second kappa shape index (κ2) is 4.86. The molecular formula is C15H11BrO2. The van der Waals surface area contributed by atoms with Gasteiger partial charge in [-0.1, -0.05) is 36.4 Å². The number of benzene rings is 2. The van der Waals surface area contributed by atoms with Gasteiger partial charge in [0.2, 0.25) is 0 Å². The van der Waals surface area contributed by atoms with Gasteiger partial charge in [0, 0.05) is 6.07 Å². The molecule has 2 nitrogen and oxygen atoms in total. The zero-order valence-corrected chi connectivity index (χ0v) is 11.2. The molecule has 0 aliphatic heterocycles. The summed E-state index contributed by atoms with van der Waals surface area (Å²) in [6.45, 7) is 0.558. The molecule has 1 aromatic heterocycles. The zero-order valence-electron chi connectivity index (χ0n) is 9.60. The Hall–Kier alpha value is -1.74. The summed E-state index contributed by atoms with van der Waals surface area (Å²) in [4.78, 5) is 0. The van der Waals surface area contributed by atoms with Crippen molar-refractivity contribution in [2.75, 3.05) is 0 Å². The molecular weight excluding hydrogens is 292 g/mol.